The number of amides is 1. The fourth-order valence-corrected chi connectivity index (χ4v) is 3.27. The zero-order chi connectivity index (χ0) is 21.7. The van der Waals surface area contributed by atoms with Gasteiger partial charge in [-0.2, -0.15) is 10.4 Å². The highest BCUT2D eigenvalue weighted by atomic mass is 19.1. The van der Waals surface area contributed by atoms with Gasteiger partial charge in [0.1, 0.15) is 5.82 Å². The summed E-state index contributed by atoms with van der Waals surface area (Å²) < 4.78 is 13.2. The fraction of sp³-hybridized carbons (Fsp3) is 0.217. The van der Waals surface area contributed by atoms with Crippen molar-refractivity contribution in [3.8, 4) is 6.07 Å². The Kier molecular flexibility index (Phi) is 6.38. The number of halogens is 1. The van der Waals surface area contributed by atoms with Crippen molar-refractivity contribution in [2.24, 2.45) is 11.0 Å². The van der Waals surface area contributed by atoms with Gasteiger partial charge in [-0.1, -0.05) is 25.5 Å². The van der Waals surface area contributed by atoms with Gasteiger partial charge in [-0.25, -0.2) is 14.2 Å². The van der Waals surface area contributed by atoms with Crippen molar-refractivity contribution in [2.75, 3.05) is 5.01 Å². The van der Waals surface area contributed by atoms with Crippen LogP contribution in [0.3, 0.4) is 0 Å². The minimum absolute atomic E-state index is 0.00923. The van der Waals surface area contributed by atoms with E-state index in [2.05, 4.69) is 5.10 Å². The molecule has 0 saturated carbocycles. The van der Waals surface area contributed by atoms with E-state index in [-0.39, 0.29) is 17.9 Å². The zero-order valence-electron chi connectivity index (χ0n) is 16.4. The number of hydrogen-bond donors (Lipinski definition) is 1. The Morgan fingerprint density at radius 3 is 2.47 bits per heavy atom. The molecule has 0 radical (unpaired) electrons. The van der Waals surface area contributed by atoms with E-state index in [4.69, 9.17) is 5.26 Å². The molecular formula is C23H20FN3O3. The van der Waals surface area contributed by atoms with Crippen molar-refractivity contribution >= 4 is 29.4 Å². The molecule has 7 heteroatoms. The number of hydrazone groups is 1. The number of benzene rings is 2. The van der Waals surface area contributed by atoms with Crippen molar-refractivity contribution in [2.45, 2.75) is 26.2 Å². The first-order chi connectivity index (χ1) is 14.4. The van der Waals surface area contributed by atoms with Crippen LogP contribution < -0.4 is 5.01 Å². The molecule has 2 aromatic rings. The average Bonchev–Trinajstić information content (AvgIpc) is 3.04. The van der Waals surface area contributed by atoms with E-state index in [9.17, 15) is 19.1 Å². The topological polar surface area (TPSA) is 93.8 Å². The molecule has 30 heavy (non-hydrogen) atoms. The number of aliphatic carboxylic acids is 1. The van der Waals surface area contributed by atoms with Crippen LogP contribution in [0.5, 0.6) is 0 Å². The summed E-state index contributed by atoms with van der Waals surface area (Å²) in [5.74, 6) is -2.57. The first-order valence-corrected chi connectivity index (χ1v) is 9.54. The first-order valence-electron chi connectivity index (χ1n) is 9.54. The average molecular weight is 405 g/mol. The summed E-state index contributed by atoms with van der Waals surface area (Å²) in [6.45, 7) is 1.95. The van der Waals surface area contributed by atoms with Gasteiger partial charge in [0.2, 0.25) is 0 Å². The monoisotopic (exact) mass is 405 g/mol. The molecule has 1 aliphatic heterocycles. The molecule has 1 amide bonds. The highest BCUT2D eigenvalue weighted by Crippen LogP contribution is 2.30. The van der Waals surface area contributed by atoms with E-state index in [0.29, 0.717) is 28.9 Å². The second-order valence-corrected chi connectivity index (χ2v) is 6.93. The molecule has 0 aliphatic carbocycles. The predicted molar refractivity (Wildman–Crippen MR) is 111 cm³/mol. The molecule has 1 N–H and O–H groups in total. The quantitative estimate of drug-likeness (QED) is 0.692. The molecule has 152 valence electrons. The maximum Gasteiger partial charge on any atom is 0.331 e. The lowest BCUT2D eigenvalue weighted by molar-refractivity contribution is -0.132. The number of nitrogens with zero attached hydrogens (tertiary/aromatic N) is 3. The summed E-state index contributed by atoms with van der Waals surface area (Å²) in [7, 11) is 0. The normalized spacial score (nSPS) is 16.4. The van der Waals surface area contributed by atoms with Crippen molar-refractivity contribution in [1.82, 2.24) is 0 Å². The minimum atomic E-state index is -1.12. The van der Waals surface area contributed by atoms with Gasteiger partial charge in [-0.05, 0) is 60.9 Å². The maximum atomic E-state index is 13.2. The smallest absolute Gasteiger partial charge is 0.331 e. The number of carboxylic acids is 1. The lowest BCUT2D eigenvalue weighted by Crippen LogP contribution is -2.28. The molecule has 0 fully saturated rings. The number of carbonyl (C=O) groups is 2. The van der Waals surface area contributed by atoms with Crippen LogP contribution in [-0.2, 0) is 9.59 Å². The number of carbonyl (C=O) groups excluding carboxylic acids is 1. The lowest BCUT2D eigenvalue weighted by atomic mass is 9.91. The second kappa shape index (κ2) is 9.14. The second-order valence-electron chi connectivity index (χ2n) is 6.93. The summed E-state index contributed by atoms with van der Waals surface area (Å²) in [6.07, 6.45) is 2.80. The molecule has 0 spiro atoms. The van der Waals surface area contributed by atoms with Crippen LogP contribution in [0.1, 0.15) is 37.3 Å². The summed E-state index contributed by atoms with van der Waals surface area (Å²) in [4.78, 5) is 24.9. The largest absolute Gasteiger partial charge is 0.478 e. The van der Waals surface area contributed by atoms with Gasteiger partial charge >= 0.3 is 5.97 Å². The summed E-state index contributed by atoms with van der Waals surface area (Å²) in [5.41, 5.74) is 2.22. The zero-order valence-corrected chi connectivity index (χ0v) is 16.4. The highest BCUT2D eigenvalue weighted by Gasteiger charge is 2.37. The Labute approximate surface area is 173 Å². The van der Waals surface area contributed by atoms with Crippen LogP contribution in [0, 0.1) is 23.1 Å². The van der Waals surface area contributed by atoms with Crippen molar-refractivity contribution in [3.05, 3.63) is 71.0 Å². The number of rotatable bonds is 7. The molecular weight excluding hydrogens is 385 g/mol. The molecule has 1 heterocycles. The SMILES string of the molecule is CCCC1=NN(c2ccc(F)cc2)C(=O)C1C/C(=C/c1ccc(C#N)cc1)C(=O)O. The molecule has 1 aliphatic rings. The van der Waals surface area contributed by atoms with E-state index in [1.807, 2.05) is 13.0 Å². The highest BCUT2D eigenvalue weighted by molar-refractivity contribution is 6.16. The van der Waals surface area contributed by atoms with Gasteiger partial charge in [0.15, 0.2) is 0 Å². The fourth-order valence-electron chi connectivity index (χ4n) is 3.27. The summed E-state index contributed by atoms with van der Waals surface area (Å²) in [6, 6.07) is 14.0. The van der Waals surface area contributed by atoms with Crippen LogP contribution in [0.2, 0.25) is 0 Å². The van der Waals surface area contributed by atoms with E-state index in [1.165, 1.54) is 35.4 Å². The maximum absolute atomic E-state index is 13.2. The third-order valence-corrected chi connectivity index (χ3v) is 4.79. The Balaban J connectivity index is 1.89. The standard InChI is InChI=1S/C23H20FN3O3/c1-2-3-21-20(22(28)27(26-21)19-10-8-18(24)9-11-19)13-17(23(29)30)12-15-4-6-16(14-25)7-5-15/h4-12,20H,2-3,13H2,1H3,(H,29,30)/b17-12-. The van der Waals surface area contributed by atoms with Gasteiger partial charge in [0, 0.05) is 5.57 Å². The van der Waals surface area contributed by atoms with Crippen LogP contribution >= 0.6 is 0 Å². The molecule has 6 nitrogen and oxygen atoms in total. The van der Waals surface area contributed by atoms with Gasteiger partial charge in [0.05, 0.1) is 28.9 Å². The minimum Gasteiger partial charge on any atom is -0.478 e. The van der Waals surface area contributed by atoms with Gasteiger partial charge in [-0.3, -0.25) is 4.79 Å². The van der Waals surface area contributed by atoms with Crippen molar-refractivity contribution in [1.29, 1.82) is 5.26 Å². The lowest BCUT2D eigenvalue weighted by Gasteiger charge is -2.15. The van der Waals surface area contributed by atoms with Crippen LogP contribution in [0.15, 0.2) is 59.2 Å². The van der Waals surface area contributed by atoms with Crippen molar-refractivity contribution < 1.29 is 19.1 Å². The Morgan fingerprint density at radius 2 is 1.90 bits per heavy atom. The number of anilines is 1. The predicted octanol–water partition coefficient (Wildman–Crippen LogP) is 4.37. The van der Waals surface area contributed by atoms with Crippen LogP contribution in [-0.4, -0.2) is 22.7 Å². The number of carboxylic acid groups (broad SMARTS) is 1. The summed E-state index contributed by atoms with van der Waals surface area (Å²) in [5, 5.41) is 24.2. The van der Waals surface area contributed by atoms with Gasteiger partial charge in [0.25, 0.3) is 5.91 Å². The van der Waals surface area contributed by atoms with Crippen LogP contribution in [0.25, 0.3) is 6.08 Å². The summed E-state index contributed by atoms with van der Waals surface area (Å²) >= 11 is 0. The molecule has 2 aromatic carbocycles. The molecule has 0 bridgehead atoms. The van der Waals surface area contributed by atoms with E-state index < -0.39 is 17.7 Å². The molecule has 0 aromatic heterocycles. The third kappa shape index (κ3) is 4.61. The Bertz CT molecular complexity index is 1050. The number of nitriles is 1. The van der Waals surface area contributed by atoms with Crippen molar-refractivity contribution in [3.63, 3.8) is 0 Å². The van der Waals surface area contributed by atoms with E-state index in [0.717, 1.165) is 6.42 Å². The Hall–Kier alpha value is -3.79. The molecule has 1 unspecified atom stereocenters. The first kappa shape index (κ1) is 20.9. The molecule has 1 atom stereocenters. The molecule has 0 saturated heterocycles. The molecule has 3 rings (SSSR count). The van der Waals surface area contributed by atoms with E-state index >= 15 is 0 Å². The van der Waals surface area contributed by atoms with Crippen LogP contribution in [0.4, 0.5) is 10.1 Å². The Morgan fingerprint density at radius 1 is 1.23 bits per heavy atom. The third-order valence-electron chi connectivity index (χ3n) is 4.79. The van der Waals surface area contributed by atoms with Gasteiger partial charge < -0.3 is 5.11 Å². The van der Waals surface area contributed by atoms with Gasteiger partial charge in [-0.15, -0.1) is 0 Å². The number of hydrogen-bond acceptors (Lipinski definition) is 4. The van der Waals surface area contributed by atoms with E-state index in [1.54, 1.807) is 24.3 Å².